The number of unbranched alkanes of at least 4 members (excludes halogenated alkanes) is 4. The first-order chi connectivity index (χ1) is 10.6. The van der Waals surface area contributed by atoms with Gasteiger partial charge in [-0.2, -0.15) is 0 Å². The van der Waals surface area contributed by atoms with Crippen LogP contribution in [0.25, 0.3) is 0 Å². The number of ether oxygens (including phenoxy) is 3. The van der Waals surface area contributed by atoms with Crippen molar-refractivity contribution in [2.75, 3.05) is 19.8 Å². The lowest BCUT2D eigenvalue weighted by Gasteiger charge is -2.06. The summed E-state index contributed by atoms with van der Waals surface area (Å²) in [6, 6.07) is 0. The van der Waals surface area contributed by atoms with Gasteiger partial charge in [-0.3, -0.25) is 9.59 Å². The maximum atomic E-state index is 11.1. The van der Waals surface area contributed by atoms with Crippen LogP contribution in [0.1, 0.15) is 58.3 Å². The summed E-state index contributed by atoms with van der Waals surface area (Å²) in [4.78, 5) is 32.5. The van der Waals surface area contributed by atoms with Crippen molar-refractivity contribution in [3.63, 3.8) is 0 Å². The Morgan fingerprint density at radius 3 is 1.86 bits per heavy atom. The van der Waals surface area contributed by atoms with Crippen LogP contribution in [-0.2, 0) is 23.8 Å². The zero-order valence-electron chi connectivity index (χ0n) is 13.2. The molecule has 0 atom stereocenters. The molecule has 0 fully saturated rings. The van der Waals surface area contributed by atoms with Crippen molar-refractivity contribution in [3.05, 3.63) is 0 Å². The molecule has 0 aromatic rings. The zero-order chi connectivity index (χ0) is 16.6. The fraction of sp³-hybridized carbons (Fsp3) is 0.800. The van der Waals surface area contributed by atoms with Gasteiger partial charge in [0.2, 0.25) is 0 Å². The number of rotatable bonds is 13. The molecule has 128 valence electrons. The summed E-state index contributed by atoms with van der Waals surface area (Å²) in [7, 11) is 0. The van der Waals surface area contributed by atoms with E-state index in [0.29, 0.717) is 26.2 Å². The van der Waals surface area contributed by atoms with Crippen LogP contribution in [0.4, 0.5) is 4.79 Å². The Labute approximate surface area is 130 Å². The molecule has 22 heavy (non-hydrogen) atoms. The molecule has 7 heteroatoms. The van der Waals surface area contributed by atoms with Gasteiger partial charge in [0.05, 0.1) is 32.7 Å². The lowest BCUT2D eigenvalue weighted by atomic mass is 10.2. The third-order valence-electron chi connectivity index (χ3n) is 2.78. The summed E-state index contributed by atoms with van der Waals surface area (Å²) in [5.74, 6) is -1.49. The second-order valence-corrected chi connectivity index (χ2v) is 4.83. The maximum absolute atomic E-state index is 11.1. The van der Waals surface area contributed by atoms with Gasteiger partial charge in [-0.15, -0.1) is 0 Å². The Kier molecular flexibility index (Phi) is 13.0. The fourth-order valence-corrected chi connectivity index (χ4v) is 1.52. The van der Waals surface area contributed by atoms with E-state index in [9.17, 15) is 14.4 Å². The first kappa shape index (κ1) is 20.2. The van der Waals surface area contributed by atoms with E-state index in [1.54, 1.807) is 0 Å². The molecule has 0 aromatic heterocycles. The van der Waals surface area contributed by atoms with Gasteiger partial charge in [0.1, 0.15) is 0 Å². The van der Waals surface area contributed by atoms with Gasteiger partial charge in [0.15, 0.2) is 0 Å². The Bertz CT molecular complexity index is 328. The van der Waals surface area contributed by atoms with Gasteiger partial charge in [0.25, 0.3) is 0 Å². The van der Waals surface area contributed by atoms with Gasteiger partial charge in [0, 0.05) is 0 Å². The number of carbonyl (C=O) groups excluding carboxylic acids is 2. The van der Waals surface area contributed by atoms with Crippen LogP contribution in [-0.4, -0.2) is 43.0 Å². The van der Waals surface area contributed by atoms with Gasteiger partial charge in [-0.1, -0.05) is 13.3 Å². The Morgan fingerprint density at radius 2 is 1.32 bits per heavy atom. The molecule has 0 bridgehead atoms. The molecular formula is C15H26O7. The smallest absolute Gasteiger partial charge is 0.481 e. The summed E-state index contributed by atoms with van der Waals surface area (Å²) in [6.07, 6.45) is 4.02. The molecule has 0 unspecified atom stereocenters. The molecule has 7 nitrogen and oxygen atoms in total. The van der Waals surface area contributed by atoms with E-state index in [2.05, 4.69) is 0 Å². The standard InChI is InChI=1S/C15H26O7/c1-2-3-10-21-15(19)22-12-7-5-4-6-11-20-14(18)9-8-13(16)17/h2-12H2,1H3,(H,16,17). The van der Waals surface area contributed by atoms with Crippen molar-refractivity contribution >= 4 is 18.1 Å². The molecule has 0 radical (unpaired) electrons. The molecule has 0 aliphatic rings. The van der Waals surface area contributed by atoms with Gasteiger partial charge in [-0.05, 0) is 32.1 Å². The predicted octanol–water partition coefficient (Wildman–Crippen LogP) is 2.91. The summed E-state index contributed by atoms with van der Waals surface area (Å²) >= 11 is 0. The van der Waals surface area contributed by atoms with Crippen molar-refractivity contribution in [1.82, 2.24) is 0 Å². The molecule has 1 N–H and O–H groups in total. The summed E-state index contributed by atoms with van der Waals surface area (Å²) in [6.45, 7) is 3.02. The van der Waals surface area contributed by atoms with Gasteiger partial charge >= 0.3 is 18.1 Å². The lowest BCUT2D eigenvalue weighted by molar-refractivity contribution is -0.147. The number of carboxylic acid groups (broad SMARTS) is 1. The minimum absolute atomic E-state index is 0.0939. The quantitative estimate of drug-likeness (QED) is 0.411. The third kappa shape index (κ3) is 14.6. The number of aliphatic carboxylic acids is 1. The monoisotopic (exact) mass is 318 g/mol. The van der Waals surface area contributed by atoms with Crippen LogP contribution in [0, 0.1) is 0 Å². The second kappa shape index (κ2) is 14.2. The lowest BCUT2D eigenvalue weighted by Crippen LogP contribution is -2.09. The molecule has 0 saturated carbocycles. The van der Waals surface area contributed by atoms with E-state index in [1.165, 1.54) is 0 Å². The van der Waals surface area contributed by atoms with E-state index in [4.69, 9.17) is 19.3 Å². The Morgan fingerprint density at radius 1 is 0.773 bits per heavy atom. The number of hydrogen-bond acceptors (Lipinski definition) is 6. The Balaban J connectivity index is 3.28. The van der Waals surface area contributed by atoms with Crippen LogP contribution in [0.3, 0.4) is 0 Å². The van der Waals surface area contributed by atoms with Crippen molar-refractivity contribution < 1.29 is 33.7 Å². The molecule has 0 aliphatic heterocycles. The van der Waals surface area contributed by atoms with Crippen LogP contribution in [0.5, 0.6) is 0 Å². The topological polar surface area (TPSA) is 99.1 Å². The average molecular weight is 318 g/mol. The first-order valence-corrected chi connectivity index (χ1v) is 7.73. The molecule has 0 heterocycles. The normalized spacial score (nSPS) is 10.0. The highest BCUT2D eigenvalue weighted by atomic mass is 16.7. The van der Waals surface area contributed by atoms with E-state index in [0.717, 1.165) is 32.1 Å². The minimum atomic E-state index is -1.01. The largest absolute Gasteiger partial charge is 0.508 e. The van der Waals surface area contributed by atoms with Crippen LogP contribution in [0.15, 0.2) is 0 Å². The number of carboxylic acids is 1. The number of carbonyl (C=O) groups is 3. The first-order valence-electron chi connectivity index (χ1n) is 7.73. The van der Waals surface area contributed by atoms with Gasteiger partial charge in [-0.25, -0.2) is 4.79 Å². The molecule has 0 amide bonds. The molecule has 0 saturated heterocycles. The van der Waals surface area contributed by atoms with E-state index < -0.39 is 18.1 Å². The van der Waals surface area contributed by atoms with Crippen molar-refractivity contribution in [2.45, 2.75) is 58.3 Å². The number of esters is 1. The van der Waals surface area contributed by atoms with E-state index >= 15 is 0 Å². The fourth-order valence-electron chi connectivity index (χ4n) is 1.52. The molecule has 0 spiro atoms. The average Bonchev–Trinajstić information content (AvgIpc) is 2.48. The van der Waals surface area contributed by atoms with Gasteiger partial charge < -0.3 is 19.3 Å². The predicted molar refractivity (Wildman–Crippen MR) is 78.5 cm³/mol. The van der Waals surface area contributed by atoms with Crippen molar-refractivity contribution in [1.29, 1.82) is 0 Å². The van der Waals surface area contributed by atoms with Crippen molar-refractivity contribution in [2.24, 2.45) is 0 Å². The Hall–Kier alpha value is -1.79. The summed E-state index contributed by atoms with van der Waals surface area (Å²) in [5, 5.41) is 8.40. The second-order valence-electron chi connectivity index (χ2n) is 4.83. The molecular weight excluding hydrogens is 292 g/mol. The van der Waals surface area contributed by atoms with E-state index in [-0.39, 0.29) is 12.8 Å². The minimum Gasteiger partial charge on any atom is -0.481 e. The highest BCUT2D eigenvalue weighted by molar-refractivity contribution is 5.76. The maximum Gasteiger partial charge on any atom is 0.508 e. The third-order valence-corrected chi connectivity index (χ3v) is 2.78. The summed E-state index contributed by atoms with van der Waals surface area (Å²) < 4.78 is 14.6. The zero-order valence-corrected chi connectivity index (χ0v) is 13.2. The highest BCUT2D eigenvalue weighted by Crippen LogP contribution is 2.02. The highest BCUT2D eigenvalue weighted by Gasteiger charge is 2.06. The SMILES string of the molecule is CCCCOC(=O)OCCCCCCOC(=O)CCC(=O)O. The summed E-state index contributed by atoms with van der Waals surface area (Å²) in [5.41, 5.74) is 0. The van der Waals surface area contributed by atoms with Crippen molar-refractivity contribution in [3.8, 4) is 0 Å². The van der Waals surface area contributed by atoms with Crippen LogP contribution >= 0.6 is 0 Å². The molecule has 0 aromatic carbocycles. The number of hydrogen-bond donors (Lipinski definition) is 1. The molecule has 0 aliphatic carbocycles. The van der Waals surface area contributed by atoms with E-state index in [1.807, 2.05) is 6.92 Å². The van der Waals surface area contributed by atoms with Crippen LogP contribution in [0.2, 0.25) is 0 Å². The van der Waals surface area contributed by atoms with Crippen LogP contribution < -0.4 is 0 Å². The molecule has 0 rings (SSSR count).